The molecule has 7 heteroatoms. The number of benzene rings is 2. The summed E-state index contributed by atoms with van der Waals surface area (Å²) in [5.74, 6) is -0.722. The lowest BCUT2D eigenvalue weighted by Crippen LogP contribution is -2.13. The molecule has 2 aromatic rings. The van der Waals surface area contributed by atoms with Crippen molar-refractivity contribution in [2.75, 3.05) is 11.9 Å². The fraction of sp³-hybridized carbons (Fsp3) is 0.0667. The van der Waals surface area contributed by atoms with Crippen molar-refractivity contribution in [2.45, 2.75) is 0 Å². The summed E-state index contributed by atoms with van der Waals surface area (Å²) in [5, 5.41) is 6.23. The molecule has 0 bridgehead atoms. The van der Waals surface area contributed by atoms with E-state index >= 15 is 0 Å². The zero-order valence-corrected chi connectivity index (χ0v) is 11.3. The van der Waals surface area contributed by atoms with Crippen LogP contribution in [0.15, 0.2) is 52.6 Å². The van der Waals surface area contributed by atoms with E-state index < -0.39 is 5.82 Å². The van der Waals surface area contributed by atoms with Gasteiger partial charge < -0.3 is 5.32 Å². The smallest absolute Gasteiger partial charge is 0.246 e. The molecule has 0 saturated carbocycles. The normalized spacial score (nSPS) is 13.3. The summed E-state index contributed by atoms with van der Waals surface area (Å²) < 4.78 is 14.1. The summed E-state index contributed by atoms with van der Waals surface area (Å²) >= 11 is 0. The molecular weight excluding hydrogens is 285 g/mol. The number of benzodiazepines with no additional fused rings is 1. The quantitative estimate of drug-likeness (QED) is 0.512. The van der Waals surface area contributed by atoms with Gasteiger partial charge in [-0.25, -0.2) is 4.39 Å². The highest BCUT2D eigenvalue weighted by Crippen LogP contribution is 2.28. The number of aliphatic imine (C=N–C) groups is 1. The Morgan fingerprint density at radius 1 is 1.23 bits per heavy atom. The summed E-state index contributed by atoms with van der Waals surface area (Å²) in [4.78, 5) is 18.7. The van der Waals surface area contributed by atoms with Gasteiger partial charge in [0.15, 0.2) is 0 Å². The molecule has 1 N–H and O–H groups in total. The molecule has 0 aliphatic carbocycles. The number of azide groups is 1. The molecule has 0 unspecified atom stereocenters. The molecule has 2 aromatic carbocycles. The van der Waals surface area contributed by atoms with Crippen LogP contribution in [0.5, 0.6) is 0 Å². The average Bonchev–Trinajstić information content (AvgIpc) is 2.67. The van der Waals surface area contributed by atoms with Crippen molar-refractivity contribution in [3.05, 3.63) is 69.9 Å². The van der Waals surface area contributed by atoms with Crippen LogP contribution in [0.25, 0.3) is 10.4 Å². The van der Waals surface area contributed by atoms with Crippen LogP contribution >= 0.6 is 0 Å². The van der Waals surface area contributed by atoms with Gasteiger partial charge in [-0.2, -0.15) is 0 Å². The molecule has 108 valence electrons. The van der Waals surface area contributed by atoms with E-state index in [9.17, 15) is 9.18 Å². The van der Waals surface area contributed by atoms with Crippen molar-refractivity contribution in [1.29, 1.82) is 0 Å². The number of carbonyl (C=O) groups excluding carboxylic acids is 1. The van der Waals surface area contributed by atoms with E-state index in [1.54, 1.807) is 36.4 Å². The van der Waals surface area contributed by atoms with E-state index in [1.807, 2.05) is 0 Å². The van der Waals surface area contributed by atoms with Gasteiger partial charge in [-0.15, -0.1) is 0 Å². The number of halogens is 1. The van der Waals surface area contributed by atoms with Gasteiger partial charge in [0.25, 0.3) is 0 Å². The summed E-state index contributed by atoms with van der Waals surface area (Å²) in [7, 11) is 0. The molecule has 1 amide bonds. The molecule has 0 atom stereocenters. The Hall–Kier alpha value is -3.18. The first kappa shape index (κ1) is 13.8. The standard InChI is InChI=1S/C15H10FN5O/c16-12-4-2-1-3-10(12)15-11-7-9(20-21-17)5-6-13(11)19-14(22)8-18-15/h1-7H,8H2,(H,19,22). The minimum Gasteiger partial charge on any atom is -0.324 e. The lowest BCUT2D eigenvalue weighted by atomic mass is 9.99. The van der Waals surface area contributed by atoms with Crippen molar-refractivity contribution < 1.29 is 9.18 Å². The number of carbonyl (C=O) groups is 1. The molecule has 0 saturated heterocycles. The molecule has 0 spiro atoms. The lowest BCUT2D eigenvalue weighted by molar-refractivity contribution is -0.114. The first-order valence-corrected chi connectivity index (χ1v) is 6.48. The van der Waals surface area contributed by atoms with E-state index in [0.717, 1.165) is 0 Å². The van der Waals surface area contributed by atoms with Gasteiger partial charge in [-0.3, -0.25) is 9.79 Å². The van der Waals surface area contributed by atoms with Gasteiger partial charge in [0.05, 0.1) is 11.4 Å². The monoisotopic (exact) mass is 295 g/mol. The maximum atomic E-state index is 14.1. The van der Waals surface area contributed by atoms with Gasteiger partial charge in [0, 0.05) is 21.7 Å². The fourth-order valence-corrected chi connectivity index (χ4v) is 2.26. The van der Waals surface area contributed by atoms with Crippen LogP contribution in [0.3, 0.4) is 0 Å². The topological polar surface area (TPSA) is 90.2 Å². The molecule has 1 aliphatic rings. The highest BCUT2D eigenvalue weighted by Gasteiger charge is 2.20. The first-order valence-electron chi connectivity index (χ1n) is 6.48. The molecule has 3 rings (SSSR count). The highest BCUT2D eigenvalue weighted by atomic mass is 19.1. The minimum atomic E-state index is -0.435. The highest BCUT2D eigenvalue weighted by molar-refractivity contribution is 6.19. The van der Waals surface area contributed by atoms with Crippen LogP contribution < -0.4 is 5.32 Å². The van der Waals surface area contributed by atoms with Gasteiger partial charge in [0.2, 0.25) is 5.91 Å². The maximum Gasteiger partial charge on any atom is 0.246 e. The molecule has 1 aliphatic heterocycles. The summed E-state index contributed by atoms with van der Waals surface area (Å²) in [6, 6.07) is 11.0. The zero-order valence-electron chi connectivity index (χ0n) is 11.3. The minimum absolute atomic E-state index is 0.102. The predicted molar refractivity (Wildman–Crippen MR) is 80.8 cm³/mol. The number of fused-ring (bicyclic) bond motifs is 1. The Bertz CT molecular complexity index is 840. The molecular formula is C15H10FN5O. The Kier molecular flexibility index (Phi) is 3.55. The Morgan fingerprint density at radius 3 is 2.82 bits per heavy atom. The number of nitrogens with one attached hydrogen (secondary N) is 1. The van der Waals surface area contributed by atoms with Crippen molar-refractivity contribution >= 4 is 23.0 Å². The first-order chi connectivity index (χ1) is 10.7. The second-order valence-electron chi connectivity index (χ2n) is 4.61. The molecule has 22 heavy (non-hydrogen) atoms. The van der Waals surface area contributed by atoms with E-state index in [-0.39, 0.29) is 12.5 Å². The van der Waals surface area contributed by atoms with Crippen molar-refractivity contribution in [3.63, 3.8) is 0 Å². The van der Waals surface area contributed by atoms with Crippen molar-refractivity contribution in [2.24, 2.45) is 10.1 Å². The van der Waals surface area contributed by atoms with Crippen molar-refractivity contribution in [1.82, 2.24) is 0 Å². The van der Waals surface area contributed by atoms with E-state index in [2.05, 4.69) is 20.3 Å². The van der Waals surface area contributed by atoms with Gasteiger partial charge >= 0.3 is 0 Å². The lowest BCUT2D eigenvalue weighted by Gasteiger charge is -2.11. The number of anilines is 1. The van der Waals surface area contributed by atoms with Crippen LogP contribution in [-0.4, -0.2) is 18.2 Å². The largest absolute Gasteiger partial charge is 0.324 e. The van der Waals surface area contributed by atoms with Crippen LogP contribution in [-0.2, 0) is 4.79 Å². The number of hydrogen-bond donors (Lipinski definition) is 1. The third kappa shape index (κ3) is 2.53. The second kappa shape index (κ2) is 5.67. The van der Waals surface area contributed by atoms with Crippen LogP contribution in [0, 0.1) is 5.82 Å². The van der Waals surface area contributed by atoms with Crippen LogP contribution in [0.1, 0.15) is 11.1 Å². The molecule has 6 nitrogen and oxygen atoms in total. The third-order valence-electron chi connectivity index (χ3n) is 3.20. The van der Waals surface area contributed by atoms with E-state index in [1.165, 1.54) is 6.07 Å². The van der Waals surface area contributed by atoms with E-state index in [4.69, 9.17) is 5.53 Å². The summed E-state index contributed by atoms with van der Waals surface area (Å²) in [5.41, 5.74) is 10.6. The van der Waals surface area contributed by atoms with E-state index in [0.29, 0.717) is 28.2 Å². The fourth-order valence-electron chi connectivity index (χ4n) is 2.26. The number of amides is 1. The number of hydrogen-bond acceptors (Lipinski definition) is 3. The summed E-state index contributed by atoms with van der Waals surface area (Å²) in [6.45, 7) is -0.102. The molecule has 1 heterocycles. The number of rotatable bonds is 2. The van der Waals surface area contributed by atoms with Crippen LogP contribution in [0.2, 0.25) is 0 Å². The Morgan fingerprint density at radius 2 is 2.05 bits per heavy atom. The van der Waals surface area contributed by atoms with Crippen molar-refractivity contribution in [3.8, 4) is 0 Å². The average molecular weight is 295 g/mol. The van der Waals surface area contributed by atoms with Gasteiger partial charge in [0.1, 0.15) is 12.4 Å². The molecule has 0 aromatic heterocycles. The third-order valence-corrected chi connectivity index (χ3v) is 3.20. The predicted octanol–water partition coefficient (Wildman–Crippen LogP) is 3.56. The maximum absolute atomic E-state index is 14.1. The summed E-state index contributed by atoms with van der Waals surface area (Å²) in [6.07, 6.45) is 0. The van der Waals surface area contributed by atoms with Crippen LogP contribution in [0.4, 0.5) is 15.8 Å². The van der Waals surface area contributed by atoms with Gasteiger partial charge in [-0.05, 0) is 29.8 Å². The molecule has 0 radical (unpaired) electrons. The van der Waals surface area contributed by atoms with Gasteiger partial charge in [-0.1, -0.05) is 23.3 Å². The molecule has 0 fully saturated rings. The zero-order chi connectivity index (χ0) is 15.5. The Balaban J connectivity index is 2.23. The number of nitrogens with zero attached hydrogens (tertiary/aromatic N) is 4. The second-order valence-corrected chi connectivity index (χ2v) is 4.61. The SMILES string of the molecule is [N-]=[N+]=Nc1ccc2c(c1)C(c1ccccc1F)=NCC(=O)N2. The Labute approximate surface area is 124 Å².